The Hall–Kier alpha value is -1.51. The SMILES string of the molecule is C=Cc1c(OC)cc(C)oc1=O. The molecule has 0 spiro atoms. The first-order valence-electron chi connectivity index (χ1n) is 3.50. The van der Waals surface area contributed by atoms with Crippen molar-refractivity contribution in [2.45, 2.75) is 6.92 Å². The molecular formula is C9H10O3. The lowest BCUT2D eigenvalue weighted by molar-refractivity contribution is 0.395. The summed E-state index contributed by atoms with van der Waals surface area (Å²) in [5.74, 6) is 1.03. The molecule has 1 heterocycles. The van der Waals surface area contributed by atoms with Crippen LogP contribution in [0.5, 0.6) is 5.75 Å². The molecule has 0 fully saturated rings. The molecule has 0 saturated carbocycles. The number of rotatable bonds is 2. The van der Waals surface area contributed by atoms with Crippen molar-refractivity contribution in [1.29, 1.82) is 0 Å². The average molecular weight is 166 g/mol. The van der Waals surface area contributed by atoms with Crippen LogP contribution in [0.25, 0.3) is 6.08 Å². The van der Waals surface area contributed by atoms with Crippen molar-refractivity contribution < 1.29 is 9.15 Å². The van der Waals surface area contributed by atoms with E-state index in [-0.39, 0.29) is 0 Å². The van der Waals surface area contributed by atoms with Gasteiger partial charge in [-0.05, 0) is 6.92 Å². The molecule has 0 saturated heterocycles. The largest absolute Gasteiger partial charge is 0.496 e. The predicted octanol–water partition coefficient (Wildman–Crippen LogP) is 1.60. The Kier molecular flexibility index (Phi) is 2.33. The summed E-state index contributed by atoms with van der Waals surface area (Å²) in [6.07, 6.45) is 1.42. The van der Waals surface area contributed by atoms with Crippen LogP contribution in [0.2, 0.25) is 0 Å². The van der Waals surface area contributed by atoms with Gasteiger partial charge in [-0.3, -0.25) is 0 Å². The van der Waals surface area contributed by atoms with Gasteiger partial charge in [-0.15, -0.1) is 0 Å². The third kappa shape index (κ3) is 1.39. The summed E-state index contributed by atoms with van der Waals surface area (Å²) >= 11 is 0. The van der Waals surface area contributed by atoms with E-state index >= 15 is 0 Å². The molecule has 0 unspecified atom stereocenters. The van der Waals surface area contributed by atoms with E-state index in [2.05, 4.69) is 6.58 Å². The van der Waals surface area contributed by atoms with Gasteiger partial charge in [0.25, 0.3) is 0 Å². The Morgan fingerprint density at radius 1 is 1.67 bits per heavy atom. The highest BCUT2D eigenvalue weighted by molar-refractivity contribution is 5.53. The second-order valence-electron chi connectivity index (χ2n) is 2.33. The minimum atomic E-state index is -0.415. The Morgan fingerprint density at radius 3 is 2.83 bits per heavy atom. The Bertz CT molecular complexity index is 349. The summed E-state index contributed by atoms with van der Waals surface area (Å²) in [6, 6.07) is 1.65. The molecular weight excluding hydrogens is 156 g/mol. The highest BCUT2D eigenvalue weighted by atomic mass is 16.5. The van der Waals surface area contributed by atoms with E-state index in [9.17, 15) is 4.79 Å². The molecule has 0 aliphatic heterocycles. The van der Waals surface area contributed by atoms with Crippen LogP contribution >= 0.6 is 0 Å². The first-order valence-corrected chi connectivity index (χ1v) is 3.50. The van der Waals surface area contributed by atoms with Crippen molar-refractivity contribution in [2.24, 2.45) is 0 Å². The van der Waals surface area contributed by atoms with Crippen molar-refractivity contribution in [3.8, 4) is 5.75 Å². The molecule has 0 aliphatic rings. The van der Waals surface area contributed by atoms with Gasteiger partial charge >= 0.3 is 5.63 Å². The van der Waals surface area contributed by atoms with E-state index in [1.54, 1.807) is 13.0 Å². The van der Waals surface area contributed by atoms with E-state index in [0.717, 1.165) is 0 Å². The third-order valence-corrected chi connectivity index (χ3v) is 1.50. The van der Waals surface area contributed by atoms with Crippen LogP contribution in [0.4, 0.5) is 0 Å². The number of hydrogen-bond donors (Lipinski definition) is 0. The zero-order valence-electron chi connectivity index (χ0n) is 7.09. The smallest absolute Gasteiger partial charge is 0.346 e. The summed E-state index contributed by atoms with van der Waals surface area (Å²) < 4.78 is 9.80. The molecule has 12 heavy (non-hydrogen) atoms. The topological polar surface area (TPSA) is 39.4 Å². The number of methoxy groups -OCH3 is 1. The van der Waals surface area contributed by atoms with E-state index in [0.29, 0.717) is 17.1 Å². The second-order valence-corrected chi connectivity index (χ2v) is 2.33. The van der Waals surface area contributed by atoms with E-state index < -0.39 is 5.63 Å². The number of hydrogen-bond acceptors (Lipinski definition) is 3. The van der Waals surface area contributed by atoms with Gasteiger partial charge in [-0.2, -0.15) is 0 Å². The summed E-state index contributed by atoms with van der Waals surface area (Å²) in [6.45, 7) is 5.18. The normalized spacial score (nSPS) is 9.50. The fourth-order valence-corrected chi connectivity index (χ4v) is 0.946. The monoisotopic (exact) mass is 166 g/mol. The van der Waals surface area contributed by atoms with Crippen molar-refractivity contribution in [1.82, 2.24) is 0 Å². The van der Waals surface area contributed by atoms with Crippen LogP contribution in [0.15, 0.2) is 21.9 Å². The van der Waals surface area contributed by atoms with Crippen LogP contribution in [0.3, 0.4) is 0 Å². The lowest BCUT2D eigenvalue weighted by Gasteiger charge is -2.02. The molecule has 1 aromatic rings. The van der Waals surface area contributed by atoms with Gasteiger partial charge in [-0.1, -0.05) is 12.7 Å². The van der Waals surface area contributed by atoms with Crippen molar-refractivity contribution in [3.63, 3.8) is 0 Å². The maximum Gasteiger partial charge on any atom is 0.346 e. The minimum Gasteiger partial charge on any atom is -0.496 e. The zero-order valence-corrected chi connectivity index (χ0v) is 7.09. The Balaban J connectivity index is 3.44. The first kappa shape index (κ1) is 8.59. The zero-order chi connectivity index (χ0) is 9.14. The maximum absolute atomic E-state index is 11.1. The van der Waals surface area contributed by atoms with E-state index in [1.165, 1.54) is 13.2 Å². The quantitative estimate of drug-likeness (QED) is 0.669. The molecule has 3 nitrogen and oxygen atoms in total. The van der Waals surface area contributed by atoms with Crippen LogP contribution in [-0.4, -0.2) is 7.11 Å². The summed E-state index contributed by atoms with van der Waals surface area (Å²) in [5.41, 5.74) is -0.0510. The molecule has 0 N–H and O–H groups in total. The average Bonchev–Trinajstić information content (AvgIpc) is 2.03. The molecule has 1 aromatic heterocycles. The first-order chi connectivity index (χ1) is 5.69. The third-order valence-electron chi connectivity index (χ3n) is 1.50. The lowest BCUT2D eigenvalue weighted by atomic mass is 10.2. The molecule has 0 bridgehead atoms. The van der Waals surface area contributed by atoms with E-state index in [1.807, 2.05) is 0 Å². The van der Waals surface area contributed by atoms with Crippen molar-refractivity contribution >= 4 is 6.08 Å². The fraction of sp³-hybridized carbons (Fsp3) is 0.222. The lowest BCUT2D eigenvalue weighted by Crippen LogP contribution is -2.05. The molecule has 0 radical (unpaired) electrons. The van der Waals surface area contributed by atoms with Gasteiger partial charge in [0.2, 0.25) is 0 Å². The van der Waals surface area contributed by atoms with Crippen LogP contribution < -0.4 is 10.4 Å². The van der Waals surface area contributed by atoms with Gasteiger partial charge in [0.1, 0.15) is 17.1 Å². The minimum absolute atomic E-state index is 0.364. The van der Waals surface area contributed by atoms with Gasteiger partial charge in [0, 0.05) is 6.07 Å². The Morgan fingerprint density at radius 2 is 2.33 bits per heavy atom. The number of ether oxygens (including phenoxy) is 1. The van der Waals surface area contributed by atoms with Gasteiger partial charge in [0.15, 0.2) is 0 Å². The highest BCUT2D eigenvalue weighted by Crippen LogP contribution is 2.16. The van der Waals surface area contributed by atoms with Gasteiger partial charge < -0.3 is 9.15 Å². The van der Waals surface area contributed by atoms with Crippen molar-refractivity contribution in [2.75, 3.05) is 7.11 Å². The molecule has 0 amide bonds. The maximum atomic E-state index is 11.1. The predicted molar refractivity (Wildman–Crippen MR) is 46.4 cm³/mol. The van der Waals surface area contributed by atoms with Gasteiger partial charge in [-0.25, -0.2) is 4.79 Å². The summed E-state index contributed by atoms with van der Waals surface area (Å²) in [7, 11) is 1.50. The molecule has 1 rings (SSSR count). The fourth-order valence-electron chi connectivity index (χ4n) is 0.946. The summed E-state index contributed by atoms with van der Waals surface area (Å²) in [5, 5.41) is 0. The number of aryl methyl sites for hydroxylation is 1. The molecule has 0 aliphatic carbocycles. The molecule has 0 aromatic carbocycles. The summed E-state index contributed by atoms with van der Waals surface area (Å²) in [4.78, 5) is 11.1. The van der Waals surface area contributed by atoms with Gasteiger partial charge in [0.05, 0.1) is 7.11 Å². The Labute approximate surface area is 70.3 Å². The molecule has 64 valence electrons. The molecule has 3 heteroatoms. The van der Waals surface area contributed by atoms with Crippen molar-refractivity contribution in [3.05, 3.63) is 34.4 Å². The van der Waals surface area contributed by atoms with Crippen LogP contribution in [-0.2, 0) is 0 Å². The standard InChI is InChI=1S/C9H10O3/c1-4-7-8(11-3)5-6(2)12-9(7)10/h4-5H,1H2,2-3H3. The van der Waals surface area contributed by atoms with E-state index in [4.69, 9.17) is 9.15 Å². The highest BCUT2D eigenvalue weighted by Gasteiger charge is 2.06. The second kappa shape index (κ2) is 3.26. The van der Waals surface area contributed by atoms with Crippen LogP contribution in [0, 0.1) is 6.92 Å². The van der Waals surface area contributed by atoms with Crippen LogP contribution in [0.1, 0.15) is 11.3 Å². The molecule has 0 atom stereocenters.